The summed E-state index contributed by atoms with van der Waals surface area (Å²) in [5, 5.41) is 0. The number of hydrogen-bond donors (Lipinski definition) is 1. The average molecular weight is 415 g/mol. The van der Waals surface area contributed by atoms with Crippen LogP contribution >= 0.6 is 0 Å². The van der Waals surface area contributed by atoms with Crippen molar-refractivity contribution in [2.24, 2.45) is 7.05 Å². The Bertz CT molecular complexity index is 1250. The number of aromatic amines is 1. The maximum atomic E-state index is 11.9. The van der Waals surface area contributed by atoms with Gasteiger partial charge < -0.3 is 19.0 Å². The predicted octanol–water partition coefficient (Wildman–Crippen LogP) is 5.01. The predicted molar refractivity (Wildman–Crippen MR) is 121 cm³/mol. The maximum absolute atomic E-state index is 11.9. The van der Waals surface area contributed by atoms with Gasteiger partial charge in [-0.3, -0.25) is 4.79 Å². The highest BCUT2D eigenvalue weighted by molar-refractivity contribution is 5.91. The van der Waals surface area contributed by atoms with Crippen LogP contribution in [0.25, 0.3) is 22.2 Å². The Morgan fingerprint density at radius 2 is 1.94 bits per heavy atom. The third kappa shape index (κ3) is 3.99. The van der Waals surface area contributed by atoms with E-state index in [0.717, 1.165) is 66.2 Å². The van der Waals surface area contributed by atoms with Gasteiger partial charge >= 0.3 is 0 Å². The fourth-order valence-electron chi connectivity index (χ4n) is 4.13. The van der Waals surface area contributed by atoms with Crippen molar-refractivity contribution < 1.29 is 9.47 Å². The highest BCUT2D eigenvalue weighted by Crippen LogP contribution is 2.39. The van der Waals surface area contributed by atoms with E-state index in [1.54, 1.807) is 17.7 Å². The standard InChI is InChI=1S/C25H25N3O3/c1-28-16-18(9-12-22(28)29)20-10-11-21-23(24(20)31-19-7-3-2-4-8-19)27-25(26-21)17-6-5-14-30-15-13-17/h2-4,7-12,16-17H,5-6,13-15H2,1H3,(H,26,27). The number of pyridine rings is 1. The van der Waals surface area contributed by atoms with E-state index < -0.39 is 0 Å². The van der Waals surface area contributed by atoms with E-state index in [1.807, 2.05) is 54.7 Å². The molecule has 5 rings (SSSR count). The summed E-state index contributed by atoms with van der Waals surface area (Å²) in [5.74, 6) is 2.76. The summed E-state index contributed by atoms with van der Waals surface area (Å²) in [5.41, 5.74) is 3.50. The van der Waals surface area contributed by atoms with E-state index in [1.165, 1.54) is 0 Å². The first kappa shape index (κ1) is 19.6. The first-order valence-corrected chi connectivity index (χ1v) is 10.7. The molecule has 6 heteroatoms. The van der Waals surface area contributed by atoms with E-state index in [-0.39, 0.29) is 5.56 Å². The van der Waals surface area contributed by atoms with E-state index in [2.05, 4.69) is 4.98 Å². The molecule has 0 bridgehead atoms. The molecule has 4 aromatic rings. The van der Waals surface area contributed by atoms with Crippen molar-refractivity contribution in [3.63, 3.8) is 0 Å². The Kier molecular flexibility index (Phi) is 5.30. The van der Waals surface area contributed by atoms with Crippen LogP contribution in [0, 0.1) is 0 Å². The number of nitrogens with one attached hydrogen (secondary N) is 1. The van der Waals surface area contributed by atoms with Crippen molar-refractivity contribution in [1.82, 2.24) is 14.5 Å². The molecule has 2 aromatic heterocycles. The first-order valence-electron chi connectivity index (χ1n) is 10.7. The summed E-state index contributed by atoms with van der Waals surface area (Å²) in [6.07, 6.45) is 4.89. The molecular formula is C25H25N3O3. The van der Waals surface area contributed by atoms with Crippen molar-refractivity contribution in [1.29, 1.82) is 0 Å². The lowest BCUT2D eigenvalue weighted by molar-refractivity contribution is 0.143. The van der Waals surface area contributed by atoms with Gasteiger partial charge in [0.2, 0.25) is 5.56 Å². The topological polar surface area (TPSA) is 69.1 Å². The van der Waals surface area contributed by atoms with Gasteiger partial charge in [0, 0.05) is 49.6 Å². The Morgan fingerprint density at radius 1 is 1.06 bits per heavy atom. The monoisotopic (exact) mass is 415 g/mol. The third-order valence-electron chi connectivity index (χ3n) is 5.83. The van der Waals surface area contributed by atoms with Crippen LogP contribution in [0.2, 0.25) is 0 Å². The minimum Gasteiger partial charge on any atom is -0.454 e. The van der Waals surface area contributed by atoms with E-state index >= 15 is 0 Å². The average Bonchev–Trinajstić information content (AvgIpc) is 3.04. The molecule has 1 atom stereocenters. The smallest absolute Gasteiger partial charge is 0.250 e. The van der Waals surface area contributed by atoms with Gasteiger partial charge in [0.1, 0.15) is 17.1 Å². The summed E-state index contributed by atoms with van der Waals surface area (Å²) in [4.78, 5) is 20.4. The Morgan fingerprint density at radius 3 is 2.77 bits per heavy atom. The fraction of sp³-hybridized carbons (Fsp3) is 0.280. The molecule has 1 saturated heterocycles. The largest absolute Gasteiger partial charge is 0.454 e. The summed E-state index contributed by atoms with van der Waals surface area (Å²) in [6, 6.07) is 17.2. The molecule has 31 heavy (non-hydrogen) atoms. The lowest BCUT2D eigenvalue weighted by Crippen LogP contribution is -2.14. The van der Waals surface area contributed by atoms with Gasteiger partial charge in [-0.2, -0.15) is 0 Å². The molecule has 3 heterocycles. The van der Waals surface area contributed by atoms with Crippen molar-refractivity contribution >= 4 is 11.0 Å². The van der Waals surface area contributed by atoms with Gasteiger partial charge in [-0.25, -0.2) is 4.98 Å². The molecule has 2 aromatic carbocycles. The summed E-state index contributed by atoms with van der Waals surface area (Å²) in [7, 11) is 1.75. The Labute approximate surface area is 180 Å². The van der Waals surface area contributed by atoms with E-state index in [9.17, 15) is 4.79 Å². The molecule has 0 saturated carbocycles. The molecule has 0 spiro atoms. The van der Waals surface area contributed by atoms with Crippen molar-refractivity contribution in [2.45, 2.75) is 25.2 Å². The zero-order chi connectivity index (χ0) is 21.2. The SMILES string of the molecule is Cn1cc(-c2ccc3[nH]c(C4CCCOCC4)nc3c2Oc2ccccc2)ccc1=O. The number of para-hydroxylation sites is 1. The molecular weight excluding hydrogens is 390 g/mol. The van der Waals surface area contributed by atoms with E-state index in [4.69, 9.17) is 14.5 Å². The number of nitrogens with zero attached hydrogens (tertiary/aromatic N) is 2. The van der Waals surface area contributed by atoms with Crippen LogP contribution in [0.3, 0.4) is 0 Å². The second-order valence-electron chi connectivity index (χ2n) is 7.98. The highest BCUT2D eigenvalue weighted by atomic mass is 16.5. The zero-order valence-electron chi connectivity index (χ0n) is 17.5. The highest BCUT2D eigenvalue weighted by Gasteiger charge is 2.21. The summed E-state index contributed by atoms with van der Waals surface area (Å²) in [6.45, 7) is 1.58. The maximum Gasteiger partial charge on any atom is 0.250 e. The van der Waals surface area contributed by atoms with Crippen LogP contribution < -0.4 is 10.3 Å². The molecule has 0 radical (unpaired) electrons. The number of rotatable bonds is 4. The van der Waals surface area contributed by atoms with Gasteiger partial charge in [-0.1, -0.05) is 18.2 Å². The summed E-state index contributed by atoms with van der Waals surface area (Å²) < 4.78 is 13.6. The van der Waals surface area contributed by atoms with Crippen LogP contribution in [-0.2, 0) is 11.8 Å². The molecule has 1 unspecified atom stereocenters. The number of aromatic nitrogens is 3. The number of H-pyrrole nitrogens is 1. The number of benzene rings is 2. The lowest BCUT2D eigenvalue weighted by Gasteiger charge is -2.13. The van der Waals surface area contributed by atoms with Gasteiger partial charge in [0.05, 0.1) is 5.52 Å². The van der Waals surface area contributed by atoms with Gasteiger partial charge in [0.15, 0.2) is 5.75 Å². The van der Waals surface area contributed by atoms with E-state index in [0.29, 0.717) is 11.7 Å². The second-order valence-corrected chi connectivity index (χ2v) is 7.98. The van der Waals surface area contributed by atoms with Crippen molar-refractivity contribution in [2.75, 3.05) is 13.2 Å². The summed E-state index contributed by atoms with van der Waals surface area (Å²) >= 11 is 0. The molecule has 0 aliphatic carbocycles. The molecule has 1 aliphatic rings. The minimum absolute atomic E-state index is 0.0482. The molecule has 1 aliphatic heterocycles. The number of hydrogen-bond acceptors (Lipinski definition) is 4. The van der Waals surface area contributed by atoms with Crippen LogP contribution in [0.4, 0.5) is 0 Å². The first-order chi connectivity index (χ1) is 15.2. The van der Waals surface area contributed by atoms with Crippen molar-refractivity contribution in [3.8, 4) is 22.6 Å². The van der Waals surface area contributed by atoms with Crippen LogP contribution in [0.1, 0.15) is 31.0 Å². The second kappa shape index (κ2) is 8.40. The Balaban J connectivity index is 1.65. The zero-order valence-corrected chi connectivity index (χ0v) is 17.5. The number of fused-ring (bicyclic) bond motifs is 1. The molecule has 1 N–H and O–H groups in total. The third-order valence-corrected chi connectivity index (χ3v) is 5.83. The quantitative estimate of drug-likeness (QED) is 0.509. The van der Waals surface area contributed by atoms with Crippen LogP contribution in [0.5, 0.6) is 11.5 Å². The Hall–Kier alpha value is -3.38. The van der Waals surface area contributed by atoms with Crippen LogP contribution in [-0.4, -0.2) is 27.7 Å². The molecule has 6 nitrogen and oxygen atoms in total. The molecule has 158 valence electrons. The molecule has 1 fully saturated rings. The molecule has 0 amide bonds. The number of imidazole rings is 1. The fourth-order valence-corrected chi connectivity index (χ4v) is 4.13. The number of aryl methyl sites for hydroxylation is 1. The van der Waals surface area contributed by atoms with Crippen molar-refractivity contribution in [3.05, 3.63) is 77.0 Å². The van der Waals surface area contributed by atoms with Crippen LogP contribution in [0.15, 0.2) is 65.6 Å². The van der Waals surface area contributed by atoms with Gasteiger partial charge in [-0.15, -0.1) is 0 Å². The minimum atomic E-state index is -0.0482. The van der Waals surface area contributed by atoms with Gasteiger partial charge in [-0.05, 0) is 49.6 Å². The lowest BCUT2D eigenvalue weighted by atomic mass is 10.0. The van der Waals surface area contributed by atoms with Gasteiger partial charge in [0.25, 0.3) is 0 Å². The normalized spacial score (nSPS) is 16.9. The number of ether oxygens (including phenoxy) is 2.